The third-order valence-corrected chi connectivity index (χ3v) is 3.48. The van der Waals surface area contributed by atoms with E-state index in [1.54, 1.807) is 21.0 Å². The normalized spacial score (nSPS) is 12.2. The lowest BCUT2D eigenvalue weighted by Crippen LogP contribution is -2.35. The molecule has 21 heavy (non-hydrogen) atoms. The fraction of sp³-hybridized carbons (Fsp3) is 0.353. The minimum absolute atomic E-state index is 0.0538. The number of amides is 1. The summed E-state index contributed by atoms with van der Waals surface area (Å²) in [6, 6.07) is 12.1. The Morgan fingerprint density at radius 1 is 1.24 bits per heavy atom. The van der Waals surface area contributed by atoms with Gasteiger partial charge in [0.2, 0.25) is 0 Å². The molecule has 112 valence electrons. The summed E-state index contributed by atoms with van der Waals surface area (Å²) < 4.78 is 5.88. The molecule has 0 fully saturated rings. The molecule has 0 bridgehead atoms. The van der Waals surface area contributed by atoms with Crippen LogP contribution in [0.3, 0.4) is 0 Å². The molecule has 0 radical (unpaired) electrons. The van der Waals surface area contributed by atoms with Crippen molar-refractivity contribution < 1.29 is 9.53 Å². The van der Waals surface area contributed by atoms with E-state index in [1.807, 2.05) is 24.3 Å². The molecule has 4 heteroatoms. The smallest absolute Gasteiger partial charge is 0.262 e. The highest BCUT2D eigenvalue weighted by Gasteiger charge is 2.18. The monoisotopic (exact) mass is 286 g/mol. The van der Waals surface area contributed by atoms with Crippen molar-refractivity contribution in [1.29, 1.82) is 0 Å². The molecular weight excluding hydrogens is 264 g/mol. The number of carbonyl (C=O) groups excluding carboxylic acids is 1. The van der Waals surface area contributed by atoms with Crippen LogP contribution in [-0.2, 0) is 11.2 Å². The molecule has 0 saturated carbocycles. The van der Waals surface area contributed by atoms with Crippen molar-refractivity contribution in [1.82, 2.24) is 4.90 Å². The summed E-state index contributed by atoms with van der Waals surface area (Å²) >= 11 is 0. The van der Waals surface area contributed by atoms with Gasteiger partial charge in [-0.15, -0.1) is 0 Å². The summed E-state index contributed by atoms with van der Waals surface area (Å²) in [5.41, 5.74) is 6.79. The zero-order chi connectivity index (χ0) is 15.4. The summed E-state index contributed by atoms with van der Waals surface area (Å²) in [6.07, 6.45) is 0.206. The van der Waals surface area contributed by atoms with Gasteiger partial charge in [0, 0.05) is 19.7 Å². The lowest BCUT2D eigenvalue weighted by Gasteiger charge is -2.21. The molecule has 2 aromatic carbocycles. The number of carbonyl (C=O) groups is 1. The molecule has 1 amide bonds. The second-order valence-electron chi connectivity index (χ2n) is 5.29. The molecule has 4 nitrogen and oxygen atoms in total. The lowest BCUT2D eigenvalue weighted by molar-refractivity contribution is -0.135. The SMILES string of the molecule is CC(Oc1ccc2ccccc2c1CCN)C(=O)N(C)C. The third-order valence-electron chi connectivity index (χ3n) is 3.48. The van der Waals surface area contributed by atoms with Crippen LogP contribution < -0.4 is 10.5 Å². The Hall–Kier alpha value is -2.07. The van der Waals surface area contributed by atoms with Gasteiger partial charge in [0.15, 0.2) is 6.10 Å². The van der Waals surface area contributed by atoms with Crippen molar-refractivity contribution in [2.75, 3.05) is 20.6 Å². The van der Waals surface area contributed by atoms with Crippen molar-refractivity contribution >= 4 is 16.7 Å². The zero-order valence-corrected chi connectivity index (χ0v) is 12.8. The zero-order valence-electron chi connectivity index (χ0n) is 12.8. The van der Waals surface area contributed by atoms with E-state index in [-0.39, 0.29) is 5.91 Å². The standard InChI is InChI=1S/C17H22N2O2/c1-12(17(20)19(2)3)21-16-9-8-13-6-4-5-7-14(13)15(16)10-11-18/h4-9,12H,10-11,18H2,1-3H3. The first-order chi connectivity index (χ1) is 10.0. The van der Waals surface area contributed by atoms with Crippen LogP contribution in [0, 0.1) is 0 Å². The Morgan fingerprint density at radius 3 is 2.62 bits per heavy atom. The lowest BCUT2D eigenvalue weighted by atomic mass is 10.0. The summed E-state index contributed by atoms with van der Waals surface area (Å²) in [5.74, 6) is 0.684. The number of ether oxygens (including phenoxy) is 1. The highest BCUT2D eigenvalue weighted by Crippen LogP contribution is 2.29. The average molecular weight is 286 g/mol. The summed E-state index contributed by atoms with van der Waals surface area (Å²) in [6.45, 7) is 2.31. The van der Waals surface area contributed by atoms with Crippen LogP contribution in [0.15, 0.2) is 36.4 Å². The Bertz CT molecular complexity index is 638. The molecule has 0 aliphatic carbocycles. The van der Waals surface area contributed by atoms with Gasteiger partial charge in [0.05, 0.1) is 0 Å². The van der Waals surface area contributed by atoms with Gasteiger partial charge < -0.3 is 15.4 Å². The maximum atomic E-state index is 12.0. The molecule has 0 spiro atoms. The highest BCUT2D eigenvalue weighted by molar-refractivity contribution is 5.88. The van der Waals surface area contributed by atoms with Crippen molar-refractivity contribution in [2.24, 2.45) is 5.73 Å². The number of fused-ring (bicyclic) bond motifs is 1. The highest BCUT2D eigenvalue weighted by atomic mass is 16.5. The molecule has 2 rings (SSSR count). The number of likely N-dealkylation sites (N-methyl/N-ethyl adjacent to an activating group) is 1. The molecule has 1 atom stereocenters. The van der Waals surface area contributed by atoms with Crippen LogP contribution in [-0.4, -0.2) is 37.6 Å². The fourth-order valence-corrected chi connectivity index (χ4v) is 2.43. The van der Waals surface area contributed by atoms with Crippen molar-refractivity contribution in [3.63, 3.8) is 0 Å². The summed E-state index contributed by atoms with van der Waals surface area (Å²) in [4.78, 5) is 13.5. The summed E-state index contributed by atoms with van der Waals surface area (Å²) in [7, 11) is 3.45. The van der Waals surface area contributed by atoms with Gasteiger partial charge in [0.25, 0.3) is 5.91 Å². The Labute approximate surface area is 125 Å². The maximum absolute atomic E-state index is 12.0. The minimum Gasteiger partial charge on any atom is -0.481 e. The molecular formula is C17H22N2O2. The van der Waals surface area contributed by atoms with Crippen LogP contribution in [0.1, 0.15) is 12.5 Å². The van der Waals surface area contributed by atoms with Crippen LogP contribution in [0.5, 0.6) is 5.75 Å². The number of hydrogen-bond acceptors (Lipinski definition) is 3. The fourth-order valence-electron chi connectivity index (χ4n) is 2.43. The number of nitrogens with zero attached hydrogens (tertiary/aromatic N) is 1. The molecule has 0 aliphatic rings. The molecule has 0 saturated heterocycles. The Kier molecular flexibility index (Phi) is 4.81. The van der Waals surface area contributed by atoms with Gasteiger partial charge in [-0.05, 0) is 36.7 Å². The quantitative estimate of drug-likeness (QED) is 0.916. The van der Waals surface area contributed by atoms with Gasteiger partial charge in [-0.2, -0.15) is 0 Å². The molecule has 0 aromatic heterocycles. The van der Waals surface area contributed by atoms with Crippen molar-refractivity contribution in [2.45, 2.75) is 19.4 Å². The van der Waals surface area contributed by atoms with Gasteiger partial charge in [-0.1, -0.05) is 30.3 Å². The Balaban J connectivity index is 2.39. The van der Waals surface area contributed by atoms with E-state index in [2.05, 4.69) is 12.1 Å². The first-order valence-corrected chi connectivity index (χ1v) is 7.13. The second-order valence-corrected chi connectivity index (χ2v) is 5.29. The molecule has 1 unspecified atom stereocenters. The molecule has 2 N–H and O–H groups in total. The van der Waals surface area contributed by atoms with E-state index in [4.69, 9.17) is 10.5 Å². The largest absolute Gasteiger partial charge is 0.481 e. The first kappa shape index (κ1) is 15.3. The van der Waals surface area contributed by atoms with Crippen LogP contribution in [0.25, 0.3) is 10.8 Å². The molecule has 0 aliphatic heterocycles. The summed E-state index contributed by atoms with van der Waals surface area (Å²) in [5, 5.41) is 2.28. The first-order valence-electron chi connectivity index (χ1n) is 7.13. The van der Waals surface area contributed by atoms with Gasteiger partial charge in [-0.25, -0.2) is 0 Å². The van der Waals surface area contributed by atoms with E-state index in [0.29, 0.717) is 6.54 Å². The Morgan fingerprint density at radius 2 is 1.95 bits per heavy atom. The van der Waals surface area contributed by atoms with Gasteiger partial charge in [-0.3, -0.25) is 4.79 Å². The van der Waals surface area contributed by atoms with E-state index in [9.17, 15) is 4.79 Å². The van der Waals surface area contributed by atoms with Gasteiger partial charge in [0.1, 0.15) is 5.75 Å². The van der Waals surface area contributed by atoms with Crippen LogP contribution in [0.4, 0.5) is 0 Å². The van der Waals surface area contributed by atoms with E-state index in [1.165, 1.54) is 4.90 Å². The average Bonchev–Trinajstić information content (AvgIpc) is 2.48. The van der Waals surface area contributed by atoms with Crippen molar-refractivity contribution in [3.8, 4) is 5.75 Å². The number of benzene rings is 2. The van der Waals surface area contributed by atoms with Crippen LogP contribution in [0.2, 0.25) is 0 Å². The third kappa shape index (κ3) is 3.34. The maximum Gasteiger partial charge on any atom is 0.262 e. The van der Waals surface area contributed by atoms with Crippen LogP contribution >= 0.6 is 0 Å². The topological polar surface area (TPSA) is 55.6 Å². The number of nitrogens with two attached hydrogens (primary N) is 1. The molecule has 2 aromatic rings. The predicted octanol–water partition coefficient (Wildman–Crippen LogP) is 2.20. The molecule has 0 heterocycles. The van der Waals surface area contributed by atoms with E-state index < -0.39 is 6.10 Å². The van der Waals surface area contributed by atoms with E-state index >= 15 is 0 Å². The predicted molar refractivity (Wildman–Crippen MR) is 85.5 cm³/mol. The number of rotatable bonds is 5. The minimum atomic E-state index is -0.516. The second kappa shape index (κ2) is 6.59. The van der Waals surface area contributed by atoms with Crippen molar-refractivity contribution in [3.05, 3.63) is 42.0 Å². The number of hydrogen-bond donors (Lipinski definition) is 1. The van der Waals surface area contributed by atoms with Gasteiger partial charge >= 0.3 is 0 Å². The van der Waals surface area contributed by atoms with E-state index in [0.717, 1.165) is 28.5 Å².